The fourth-order valence-corrected chi connectivity index (χ4v) is 3.91. The van der Waals surface area contributed by atoms with Gasteiger partial charge in [-0.2, -0.15) is 0 Å². The van der Waals surface area contributed by atoms with E-state index in [2.05, 4.69) is 55.3 Å². The van der Waals surface area contributed by atoms with Crippen LogP contribution in [0.2, 0.25) is 0 Å². The van der Waals surface area contributed by atoms with Gasteiger partial charge in [0.15, 0.2) is 0 Å². The van der Waals surface area contributed by atoms with E-state index in [1.54, 1.807) is 12.1 Å². The van der Waals surface area contributed by atoms with Gasteiger partial charge in [-0.3, -0.25) is 4.79 Å². The first kappa shape index (κ1) is 20.0. The van der Waals surface area contributed by atoms with Crippen LogP contribution < -0.4 is 5.32 Å². The van der Waals surface area contributed by atoms with Gasteiger partial charge in [0.25, 0.3) is 5.91 Å². The monoisotopic (exact) mass is 412 g/mol. The van der Waals surface area contributed by atoms with E-state index >= 15 is 0 Å². The molecule has 0 fully saturated rings. The highest BCUT2D eigenvalue weighted by atomic mass is 32.1. The molecule has 4 aromatic rings. The second-order valence-corrected chi connectivity index (χ2v) is 8.81. The molecule has 0 aliphatic heterocycles. The Morgan fingerprint density at radius 1 is 0.867 bits per heavy atom. The third-order valence-electron chi connectivity index (χ3n) is 5.22. The molecule has 0 bridgehead atoms. The molecule has 2 N–H and O–H groups in total. The van der Waals surface area contributed by atoms with Crippen LogP contribution in [0.3, 0.4) is 0 Å². The third kappa shape index (κ3) is 3.91. The van der Waals surface area contributed by atoms with E-state index in [1.165, 1.54) is 5.56 Å². The Bertz CT molecular complexity index is 1270. The van der Waals surface area contributed by atoms with Crippen molar-refractivity contribution in [3.8, 4) is 11.1 Å². The predicted octanol–water partition coefficient (Wildman–Crippen LogP) is 7.11. The minimum absolute atomic E-state index is 0.0647. The van der Waals surface area contributed by atoms with Crippen molar-refractivity contribution >= 4 is 34.8 Å². The average molecular weight is 413 g/mol. The van der Waals surface area contributed by atoms with Crippen molar-refractivity contribution in [1.82, 2.24) is 4.98 Å². The number of hydrogen-bond donors (Lipinski definition) is 2. The van der Waals surface area contributed by atoms with E-state index in [9.17, 15) is 4.79 Å². The zero-order valence-electron chi connectivity index (χ0n) is 17.3. The van der Waals surface area contributed by atoms with Crippen molar-refractivity contribution in [1.29, 1.82) is 0 Å². The molecule has 1 aromatic heterocycles. The zero-order valence-corrected chi connectivity index (χ0v) is 18.1. The summed E-state index contributed by atoms with van der Waals surface area (Å²) in [4.78, 5) is 16.2. The molecule has 0 aliphatic rings. The number of rotatable bonds is 3. The van der Waals surface area contributed by atoms with E-state index in [0.717, 1.165) is 26.5 Å². The molecule has 3 aromatic carbocycles. The first-order valence-corrected chi connectivity index (χ1v) is 10.4. The predicted molar refractivity (Wildman–Crippen MR) is 128 cm³/mol. The van der Waals surface area contributed by atoms with Crippen molar-refractivity contribution in [2.45, 2.75) is 26.2 Å². The highest BCUT2D eigenvalue weighted by molar-refractivity contribution is 7.71. The smallest absolute Gasteiger partial charge is 0.256 e. The number of benzene rings is 3. The van der Waals surface area contributed by atoms with E-state index in [-0.39, 0.29) is 11.3 Å². The number of H-pyrrole nitrogens is 1. The summed E-state index contributed by atoms with van der Waals surface area (Å²) in [6.07, 6.45) is 0. The van der Waals surface area contributed by atoms with Crippen LogP contribution in [0.25, 0.3) is 22.0 Å². The Hall–Kier alpha value is -3.24. The Morgan fingerprint density at radius 2 is 1.50 bits per heavy atom. The van der Waals surface area contributed by atoms with Crippen LogP contribution in [-0.2, 0) is 5.41 Å². The summed E-state index contributed by atoms with van der Waals surface area (Å²) in [5.74, 6) is 0.431. The van der Waals surface area contributed by atoms with Crippen LogP contribution >= 0.6 is 12.2 Å². The van der Waals surface area contributed by atoms with Gasteiger partial charge in [0.2, 0.25) is 0 Å². The molecule has 0 spiro atoms. The van der Waals surface area contributed by atoms with Gasteiger partial charge in [-0.15, -0.1) is 0 Å². The number of hydrogen-bond acceptors (Lipinski definition) is 2. The normalized spacial score (nSPS) is 11.4. The maximum Gasteiger partial charge on any atom is 0.256 e. The number of para-hydroxylation sites is 1. The summed E-state index contributed by atoms with van der Waals surface area (Å²) < 4.78 is 0.719. The lowest BCUT2D eigenvalue weighted by Crippen LogP contribution is -2.14. The second kappa shape index (κ2) is 7.88. The van der Waals surface area contributed by atoms with Gasteiger partial charge in [-0.1, -0.05) is 93.7 Å². The molecule has 0 saturated heterocycles. The number of pyridine rings is 1. The van der Waals surface area contributed by atoms with Crippen molar-refractivity contribution < 1.29 is 4.79 Å². The maximum atomic E-state index is 12.9. The summed E-state index contributed by atoms with van der Waals surface area (Å²) in [6.45, 7) is 6.57. The number of aromatic nitrogens is 1. The van der Waals surface area contributed by atoms with Crippen molar-refractivity contribution in [2.24, 2.45) is 0 Å². The van der Waals surface area contributed by atoms with Gasteiger partial charge < -0.3 is 10.3 Å². The number of nitrogens with one attached hydrogen (secondary N) is 2. The molecule has 0 saturated carbocycles. The van der Waals surface area contributed by atoms with Gasteiger partial charge >= 0.3 is 0 Å². The Morgan fingerprint density at radius 3 is 2.17 bits per heavy atom. The topological polar surface area (TPSA) is 44.9 Å². The summed E-state index contributed by atoms with van der Waals surface area (Å²) in [5, 5.41) is 4.00. The van der Waals surface area contributed by atoms with E-state index in [4.69, 9.17) is 12.2 Å². The van der Waals surface area contributed by atoms with Gasteiger partial charge in [-0.25, -0.2) is 0 Å². The SMILES string of the molecule is CC(C)(C)c1ccc(-c2c(NC(=O)c3ccccc3)[nH]c3ccccc3c2=S)cc1. The van der Waals surface area contributed by atoms with Gasteiger partial charge in [0, 0.05) is 22.0 Å². The van der Waals surface area contributed by atoms with Gasteiger partial charge in [0.1, 0.15) is 5.82 Å². The number of anilines is 1. The number of carbonyl (C=O) groups is 1. The summed E-state index contributed by atoms with van der Waals surface area (Å²) in [6, 6.07) is 25.5. The molecule has 4 rings (SSSR count). The number of amides is 1. The fraction of sp³-hybridized carbons (Fsp3) is 0.154. The molecular weight excluding hydrogens is 388 g/mol. The molecule has 4 heteroatoms. The average Bonchev–Trinajstić information content (AvgIpc) is 2.74. The Balaban J connectivity index is 1.87. The zero-order chi connectivity index (χ0) is 21.3. The maximum absolute atomic E-state index is 12.9. The molecule has 0 atom stereocenters. The van der Waals surface area contributed by atoms with Crippen LogP contribution in [0.1, 0.15) is 36.7 Å². The van der Waals surface area contributed by atoms with Crippen LogP contribution in [0.15, 0.2) is 78.9 Å². The molecule has 0 unspecified atom stereocenters. The second-order valence-electron chi connectivity index (χ2n) is 8.40. The molecular formula is C26H24N2OS. The van der Waals surface area contributed by atoms with Crippen molar-refractivity contribution in [3.05, 3.63) is 94.5 Å². The summed E-state index contributed by atoms with van der Waals surface area (Å²) in [5.41, 5.74) is 4.60. The largest absolute Gasteiger partial charge is 0.341 e. The highest BCUT2D eigenvalue weighted by Gasteiger charge is 2.17. The lowest BCUT2D eigenvalue weighted by Gasteiger charge is -2.20. The lowest BCUT2D eigenvalue weighted by molar-refractivity contribution is 0.102. The lowest BCUT2D eigenvalue weighted by atomic mass is 9.86. The summed E-state index contributed by atoms with van der Waals surface area (Å²) in [7, 11) is 0. The van der Waals surface area contributed by atoms with Gasteiger partial charge in [-0.05, 0) is 34.7 Å². The van der Waals surface area contributed by atoms with Gasteiger partial charge in [0.05, 0.1) is 4.51 Å². The standard InChI is InChI=1S/C26H24N2OS/c1-26(2,3)19-15-13-17(14-16-19)22-23(30)20-11-7-8-12-21(20)27-24(22)28-25(29)18-9-5-4-6-10-18/h4-16H,1-3H3,(H2,27,28,29,30). The fourth-order valence-electron chi connectivity index (χ4n) is 3.52. The van der Waals surface area contributed by atoms with Crippen LogP contribution in [0.4, 0.5) is 5.82 Å². The number of fused-ring (bicyclic) bond motifs is 1. The minimum Gasteiger partial charge on any atom is -0.341 e. The molecule has 150 valence electrons. The third-order valence-corrected chi connectivity index (χ3v) is 5.65. The molecule has 1 amide bonds. The molecule has 0 radical (unpaired) electrons. The number of aromatic amines is 1. The van der Waals surface area contributed by atoms with E-state index in [0.29, 0.717) is 11.4 Å². The van der Waals surface area contributed by atoms with Crippen LogP contribution in [0, 0.1) is 4.51 Å². The van der Waals surface area contributed by atoms with Crippen LogP contribution in [-0.4, -0.2) is 10.9 Å². The molecule has 30 heavy (non-hydrogen) atoms. The quantitative estimate of drug-likeness (QED) is 0.352. The first-order valence-electron chi connectivity index (χ1n) is 9.97. The van der Waals surface area contributed by atoms with Crippen LogP contribution in [0.5, 0.6) is 0 Å². The summed E-state index contributed by atoms with van der Waals surface area (Å²) >= 11 is 5.87. The van der Waals surface area contributed by atoms with Crippen molar-refractivity contribution in [2.75, 3.05) is 5.32 Å². The molecule has 1 heterocycles. The minimum atomic E-state index is -0.177. The molecule has 3 nitrogen and oxygen atoms in total. The van der Waals surface area contributed by atoms with Crippen molar-refractivity contribution in [3.63, 3.8) is 0 Å². The molecule has 0 aliphatic carbocycles. The highest BCUT2D eigenvalue weighted by Crippen LogP contribution is 2.34. The van der Waals surface area contributed by atoms with E-state index < -0.39 is 0 Å². The Labute approximate surface area is 181 Å². The number of carbonyl (C=O) groups excluding carboxylic acids is 1. The Kier molecular flexibility index (Phi) is 5.27. The van der Waals surface area contributed by atoms with E-state index in [1.807, 2.05) is 42.5 Å². The first-order chi connectivity index (χ1) is 14.3.